The lowest BCUT2D eigenvalue weighted by Gasteiger charge is -2.12. The van der Waals surface area contributed by atoms with E-state index in [-0.39, 0.29) is 5.91 Å². The average molecular weight is 501 g/mol. The molecular formula is C23H16BrCl2N3O. The number of rotatable bonds is 4. The van der Waals surface area contributed by atoms with E-state index >= 15 is 0 Å². The van der Waals surface area contributed by atoms with E-state index < -0.39 is 0 Å². The predicted octanol–water partition coefficient (Wildman–Crippen LogP) is 7.61. The van der Waals surface area contributed by atoms with E-state index in [1.807, 2.05) is 55.5 Å². The number of nitrogens with zero attached hydrogens (tertiary/aromatic N) is 1. The third-order valence-corrected chi connectivity index (χ3v) is 5.60. The third-order valence-electron chi connectivity index (χ3n) is 4.54. The Bertz CT molecular complexity index is 1280. The molecule has 1 aromatic heterocycles. The van der Waals surface area contributed by atoms with Crippen LogP contribution >= 0.6 is 39.1 Å². The Balaban J connectivity index is 1.60. The van der Waals surface area contributed by atoms with Crippen LogP contribution in [0.5, 0.6) is 0 Å². The number of carbonyl (C=O) groups is 1. The maximum atomic E-state index is 12.6. The first-order valence-corrected chi connectivity index (χ1v) is 10.6. The van der Waals surface area contributed by atoms with E-state index in [1.165, 1.54) is 0 Å². The number of nitrogens with one attached hydrogen (secondary N) is 2. The fourth-order valence-corrected chi connectivity index (χ4v) is 3.87. The van der Waals surface area contributed by atoms with E-state index in [0.29, 0.717) is 21.3 Å². The molecule has 150 valence electrons. The van der Waals surface area contributed by atoms with Crippen molar-refractivity contribution in [3.63, 3.8) is 0 Å². The number of anilines is 3. The molecule has 0 spiro atoms. The van der Waals surface area contributed by atoms with Gasteiger partial charge < -0.3 is 10.6 Å². The van der Waals surface area contributed by atoms with Gasteiger partial charge in [-0.2, -0.15) is 0 Å². The lowest BCUT2D eigenvalue weighted by molar-refractivity contribution is 0.102. The summed E-state index contributed by atoms with van der Waals surface area (Å²) >= 11 is 15.6. The highest BCUT2D eigenvalue weighted by Crippen LogP contribution is 2.27. The van der Waals surface area contributed by atoms with Gasteiger partial charge in [0.05, 0.1) is 16.1 Å². The Kier molecular flexibility index (Phi) is 5.95. The zero-order valence-electron chi connectivity index (χ0n) is 15.8. The van der Waals surface area contributed by atoms with Gasteiger partial charge in [-0.15, -0.1) is 0 Å². The number of fused-ring (bicyclic) bond motifs is 1. The van der Waals surface area contributed by atoms with Crippen LogP contribution < -0.4 is 10.6 Å². The van der Waals surface area contributed by atoms with E-state index in [1.54, 1.807) is 18.2 Å². The maximum absolute atomic E-state index is 12.6. The largest absolute Gasteiger partial charge is 0.340 e. The molecule has 0 bridgehead atoms. The number of pyridine rings is 1. The molecular weight excluding hydrogens is 485 g/mol. The second-order valence-electron chi connectivity index (χ2n) is 6.77. The van der Waals surface area contributed by atoms with Crippen LogP contribution in [0.4, 0.5) is 17.2 Å². The number of carbonyl (C=O) groups excluding carboxylic acids is 1. The lowest BCUT2D eigenvalue weighted by Crippen LogP contribution is -2.12. The first-order valence-electron chi connectivity index (χ1n) is 9.09. The molecule has 0 aliphatic heterocycles. The van der Waals surface area contributed by atoms with Gasteiger partial charge in [0.25, 0.3) is 5.91 Å². The van der Waals surface area contributed by atoms with E-state index in [9.17, 15) is 4.79 Å². The molecule has 1 amide bonds. The molecule has 0 aliphatic rings. The highest BCUT2D eigenvalue weighted by atomic mass is 79.9. The maximum Gasteiger partial charge on any atom is 0.257 e. The fourth-order valence-electron chi connectivity index (χ4n) is 3.12. The van der Waals surface area contributed by atoms with Crippen molar-refractivity contribution in [2.45, 2.75) is 6.92 Å². The molecule has 0 aliphatic carbocycles. The van der Waals surface area contributed by atoms with Crippen LogP contribution in [0.1, 0.15) is 15.9 Å². The summed E-state index contributed by atoms with van der Waals surface area (Å²) in [4.78, 5) is 17.3. The smallest absolute Gasteiger partial charge is 0.257 e. The minimum absolute atomic E-state index is 0.273. The van der Waals surface area contributed by atoms with Crippen molar-refractivity contribution in [3.8, 4) is 0 Å². The van der Waals surface area contributed by atoms with Crippen molar-refractivity contribution >= 4 is 73.1 Å². The molecule has 0 atom stereocenters. The molecule has 0 saturated carbocycles. The first-order chi connectivity index (χ1) is 14.4. The van der Waals surface area contributed by atoms with E-state index in [4.69, 9.17) is 23.2 Å². The van der Waals surface area contributed by atoms with Crippen molar-refractivity contribution < 1.29 is 4.79 Å². The second-order valence-corrected chi connectivity index (χ2v) is 8.53. The Morgan fingerprint density at radius 3 is 2.60 bits per heavy atom. The molecule has 4 nitrogen and oxygen atoms in total. The highest BCUT2D eigenvalue weighted by Gasteiger charge is 2.12. The first kappa shape index (κ1) is 20.7. The number of benzene rings is 3. The summed E-state index contributed by atoms with van der Waals surface area (Å²) in [5.41, 5.74) is 3.79. The molecule has 30 heavy (non-hydrogen) atoms. The molecule has 0 unspecified atom stereocenters. The highest BCUT2D eigenvalue weighted by molar-refractivity contribution is 9.10. The van der Waals surface area contributed by atoms with Crippen LogP contribution in [0.3, 0.4) is 0 Å². The Morgan fingerprint density at radius 2 is 1.80 bits per heavy atom. The molecule has 7 heteroatoms. The summed E-state index contributed by atoms with van der Waals surface area (Å²) in [6.45, 7) is 2.00. The lowest BCUT2D eigenvalue weighted by atomic mass is 10.1. The summed E-state index contributed by atoms with van der Waals surface area (Å²) < 4.78 is 0.787. The van der Waals surface area contributed by atoms with Crippen LogP contribution in [0, 0.1) is 6.92 Å². The van der Waals surface area contributed by atoms with Gasteiger partial charge in [0, 0.05) is 26.3 Å². The monoisotopic (exact) mass is 499 g/mol. The average Bonchev–Trinajstić information content (AvgIpc) is 2.70. The molecule has 4 rings (SSSR count). The number of hydrogen-bond donors (Lipinski definition) is 2. The fraction of sp³-hybridized carbons (Fsp3) is 0.0435. The van der Waals surface area contributed by atoms with Gasteiger partial charge in [0.2, 0.25) is 0 Å². The van der Waals surface area contributed by atoms with Gasteiger partial charge in [-0.3, -0.25) is 4.79 Å². The minimum Gasteiger partial charge on any atom is -0.340 e. The Morgan fingerprint density at radius 1 is 0.967 bits per heavy atom. The van der Waals surface area contributed by atoms with Crippen molar-refractivity contribution in [3.05, 3.63) is 92.4 Å². The van der Waals surface area contributed by atoms with Crippen LogP contribution in [0.15, 0.2) is 71.2 Å². The van der Waals surface area contributed by atoms with E-state index in [0.717, 1.165) is 32.4 Å². The summed E-state index contributed by atoms with van der Waals surface area (Å²) in [6.07, 6.45) is 0. The molecule has 3 aromatic carbocycles. The summed E-state index contributed by atoms with van der Waals surface area (Å²) in [6, 6.07) is 20.2. The predicted molar refractivity (Wildman–Crippen MR) is 128 cm³/mol. The van der Waals surface area contributed by atoms with Gasteiger partial charge in [0.15, 0.2) is 0 Å². The van der Waals surface area contributed by atoms with Crippen LogP contribution in [-0.2, 0) is 0 Å². The minimum atomic E-state index is -0.273. The van der Waals surface area contributed by atoms with Gasteiger partial charge >= 0.3 is 0 Å². The third kappa shape index (κ3) is 4.59. The Hall–Kier alpha value is -2.60. The number of aromatic nitrogens is 1. The topological polar surface area (TPSA) is 54.0 Å². The zero-order chi connectivity index (χ0) is 21.3. The second kappa shape index (κ2) is 8.64. The van der Waals surface area contributed by atoms with Gasteiger partial charge in [-0.25, -0.2) is 4.98 Å². The SMILES string of the molecule is Cc1cc(Nc2cccc(Cl)c2)nc2ccc(NC(=O)c3cc(Br)ccc3Cl)cc12. The Labute approximate surface area is 192 Å². The van der Waals surface area contributed by atoms with Crippen LogP contribution in [-0.4, -0.2) is 10.9 Å². The molecule has 0 fully saturated rings. The molecule has 0 saturated heterocycles. The zero-order valence-corrected chi connectivity index (χ0v) is 18.9. The number of amides is 1. The number of aryl methyl sites for hydroxylation is 1. The van der Waals surface area contributed by atoms with E-state index in [2.05, 4.69) is 31.5 Å². The molecule has 2 N–H and O–H groups in total. The van der Waals surface area contributed by atoms with Crippen molar-refractivity contribution in [1.29, 1.82) is 0 Å². The van der Waals surface area contributed by atoms with Gasteiger partial charge in [-0.05, 0) is 73.2 Å². The van der Waals surface area contributed by atoms with Gasteiger partial charge in [0.1, 0.15) is 5.82 Å². The quantitative estimate of drug-likeness (QED) is 0.303. The van der Waals surface area contributed by atoms with Crippen LogP contribution in [0.25, 0.3) is 10.9 Å². The summed E-state index contributed by atoms with van der Waals surface area (Å²) in [7, 11) is 0. The summed E-state index contributed by atoms with van der Waals surface area (Å²) in [5, 5.41) is 8.18. The normalized spacial score (nSPS) is 10.8. The van der Waals surface area contributed by atoms with Gasteiger partial charge in [-0.1, -0.05) is 45.2 Å². The number of halogens is 3. The summed E-state index contributed by atoms with van der Waals surface area (Å²) in [5.74, 6) is 0.450. The standard InChI is InChI=1S/C23H16BrCl2N3O/c1-13-9-22(27-16-4-2-3-15(25)11-16)29-21-8-6-17(12-18(13)21)28-23(30)19-10-14(24)5-7-20(19)26/h2-12H,1H3,(H,27,29)(H,28,30). The van der Waals surface area contributed by atoms with Crippen LogP contribution in [0.2, 0.25) is 10.0 Å². The molecule has 0 radical (unpaired) electrons. The van der Waals surface area contributed by atoms with Crippen molar-refractivity contribution in [2.75, 3.05) is 10.6 Å². The van der Waals surface area contributed by atoms with Crippen molar-refractivity contribution in [1.82, 2.24) is 4.98 Å². The number of hydrogen-bond acceptors (Lipinski definition) is 3. The van der Waals surface area contributed by atoms with Crippen molar-refractivity contribution in [2.24, 2.45) is 0 Å². The molecule has 1 heterocycles. The molecule has 4 aromatic rings.